The Morgan fingerprint density at radius 2 is 1.53 bits per heavy atom. The van der Waals surface area contributed by atoms with Crippen molar-refractivity contribution in [1.29, 1.82) is 0 Å². The fourth-order valence-electron chi connectivity index (χ4n) is 0.864. The van der Waals surface area contributed by atoms with Crippen LogP contribution in [0.4, 0.5) is 0 Å². The summed E-state index contributed by atoms with van der Waals surface area (Å²) in [5.41, 5.74) is 0. The van der Waals surface area contributed by atoms with Crippen LogP contribution in [0.15, 0.2) is 0 Å². The molecule has 0 aliphatic carbocycles. The van der Waals surface area contributed by atoms with Gasteiger partial charge in [0.05, 0.1) is 7.11 Å². The summed E-state index contributed by atoms with van der Waals surface area (Å²) in [6.45, 7) is 1.21. The zero-order chi connectivity index (χ0) is 12.9. The number of aliphatic hydroxyl groups is 1. The Morgan fingerprint density at radius 3 is 1.82 bits per heavy atom. The maximum atomic E-state index is 11.6. The Bertz CT molecular complexity index is 298. The van der Waals surface area contributed by atoms with Crippen LogP contribution < -0.4 is 29.6 Å². The number of ether oxygens (including phenoxy) is 3. The standard InChI is InChI=1S/C9H14O7.Na/c1-9(15-3,16-4)7(12)5(10)6(11)8(13)14-2;/h5,10H,1-4H3;/q;+1. The molecule has 1 unspecified atom stereocenters. The van der Waals surface area contributed by atoms with E-state index in [9.17, 15) is 19.5 Å². The van der Waals surface area contributed by atoms with Gasteiger partial charge in [-0.1, -0.05) is 0 Å². The average molecular weight is 257 g/mol. The average Bonchev–Trinajstić information content (AvgIpc) is 2.33. The smallest absolute Gasteiger partial charge is 0.463 e. The van der Waals surface area contributed by atoms with E-state index in [1.165, 1.54) is 6.92 Å². The summed E-state index contributed by atoms with van der Waals surface area (Å²) < 4.78 is 13.5. The van der Waals surface area contributed by atoms with E-state index >= 15 is 0 Å². The minimum absolute atomic E-state index is 0. The van der Waals surface area contributed by atoms with Crippen molar-refractivity contribution in [2.24, 2.45) is 0 Å². The number of methoxy groups -OCH3 is 3. The maximum absolute atomic E-state index is 11.6. The first-order chi connectivity index (χ1) is 7.33. The summed E-state index contributed by atoms with van der Waals surface area (Å²) in [4.78, 5) is 33.5. The molecule has 0 amide bonds. The van der Waals surface area contributed by atoms with Crippen molar-refractivity contribution in [2.75, 3.05) is 21.3 Å². The molecule has 8 heteroatoms. The largest absolute Gasteiger partial charge is 1.00 e. The molecule has 0 heterocycles. The number of ketones is 2. The number of aliphatic hydroxyl groups excluding tert-OH is 1. The van der Waals surface area contributed by atoms with Gasteiger partial charge in [-0.2, -0.15) is 0 Å². The molecule has 0 aliphatic rings. The van der Waals surface area contributed by atoms with E-state index in [0.29, 0.717) is 0 Å². The first kappa shape index (κ1) is 19.0. The van der Waals surface area contributed by atoms with Crippen LogP contribution in [0.3, 0.4) is 0 Å². The van der Waals surface area contributed by atoms with E-state index < -0.39 is 29.4 Å². The Labute approximate surface area is 121 Å². The third-order valence-corrected chi connectivity index (χ3v) is 2.11. The van der Waals surface area contributed by atoms with Gasteiger partial charge in [0.15, 0.2) is 6.10 Å². The quantitative estimate of drug-likeness (QED) is 0.169. The molecular weight excluding hydrogens is 243 g/mol. The Balaban J connectivity index is 0. The molecule has 0 rings (SSSR count). The number of carbonyl (C=O) groups is 3. The molecular formula is C9H14NaO7+. The zero-order valence-corrected chi connectivity index (χ0v) is 12.5. The van der Waals surface area contributed by atoms with Crippen molar-refractivity contribution < 1.29 is 63.3 Å². The van der Waals surface area contributed by atoms with Crippen molar-refractivity contribution >= 4 is 17.5 Å². The Hall–Kier alpha value is -0.310. The number of hydrogen-bond donors (Lipinski definition) is 1. The molecule has 7 nitrogen and oxygen atoms in total. The summed E-state index contributed by atoms with van der Waals surface area (Å²) in [5, 5.41) is 9.33. The SMILES string of the molecule is COC(=O)C(=O)C(O)C(=O)C(C)(OC)OC.[Na+]. The van der Waals surface area contributed by atoms with Crippen LogP contribution in [0, 0.1) is 0 Å². The molecule has 0 fully saturated rings. The first-order valence-corrected chi connectivity index (χ1v) is 4.29. The zero-order valence-electron chi connectivity index (χ0n) is 10.5. The van der Waals surface area contributed by atoms with Crippen molar-refractivity contribution in [2.45, 2.75) is 18.8 Å². The van der Waals surface area contributed by atoms with Gasteiger partial charge < -0.3 is 19.3 Å². The van der Waals surface area contributed by atoms with Crippen LogP contribution in [-0.2, 0) is 28.6 Å². The van der Waals surface area contributed by atoms with Gasteiger partial charge in [-0.05, 0) is 6.92 Å². The third-order valence-electron chi connectivity index (χ3n) is 2.11. The number of rotatable bonds is 6. The minimum atomic E-state index is -2.17. The van der Waals surface area contributed by atoms with E-state index in [2.05, 4.69) is 4.74 Å². The molecule has 0 saturated heterocycles. The number of hydrogen-bond acceptors (Lipinski definition) is 7. The normalized spacial score (nSPS) is 12.3. The number of esters is 1. The topological polar surface area (TPSA) is 99.1 Å². The summed E-state index contributed by atoms with van der Waals surface area (Å²) in [6, 6.07) is 0. The molecule has 92 valence electrons. The fraction of sp³-hybridized carbons (Fsp3) is 0.667. The molecule has 0 aromatic carbocycles. The van der Waals surface area contributed by atoms with E-state index in [1.54, 1.807) is 0 Å². The summed E-state index contributed by atoms with van der Waals surface area (Å²) in [6.07, 6.45) is -2.17. The van der Waals surface area contributed by atoms with Crippen LogP contribution in [0.25, 0.3) is 0 Å². The van der Waals surface area contributed by atoms with E-state index in [4.69, 9.17) is 9.47 Å². The van der Waals surface area contributed by atoms with E-state index in [0.717, 1.165) is 21.3 Å². The molecule has 0 aromatic heterocycles. The summed E-state index contributed by atoms with van der Waals surface area (Å²) in [7, 11) is 3.29. The molecule has 1 N–H and O–H groups in total. The Morgan fingerprint density at radius 1 is 1.12 bits per heavy atom. The molecule has 0 saturated carbocycles. The van der Waals surface area contributed by atoms with Gasteiger partial charge in [0.1, 0.15) is 0 Å². The number of carbonyl (C=O) groups excluding carboxylic acids is 3. The van der Waals surface area contributed by atoms with E-state index in [1.807, 2.05) is 0 Å². The Kier molecular flexibility index (Phi) is 8.86. The van der Waals surface area contributed by atoms with Crippen molar-refractivity contribution in [1.82, 2.24) is 0 Å². The molecule has 1 atom stereocenters. The van der Waals surface area contributed by atoms with Crippen LogP contribution >= 0.6 is 0 Å². The fourth-order valence-corrected chi connectivity index (χ4v) is 0.864. The van der Waals surface area contributed by atoms with Crippen molar-refractivity contribution in [3.63, 3.8) is 0 Å². The maximum Gasteiger partial charge on any atom is 1.00 e. The van der Waals surface area contributed by atoms with Gasteiger partial charge in [-0.3, -0.25) is 9.59 Å². The van der Waals surface area contributed by atoms with E-state index in [-0.39, 0.29) is 29.6 Å². The van der Waals surface area contributed by atoms with Gasteiger partial charge in [0.25, 0.3) is 5.78 Å². The first-order valence-electron chi connectivity index (χ1n) is 4.29. The molecule has 0 radical (unpaired) electrons. The van der Waals surface area contributed by atoms with Gasteiger partial charge in [0.2, 0.25) is 11.6 Å². The minimum Gasteiger partial charge on any atom is -0.463 e. The van der Waals surface area contributed by atoms with Crippen LogP contribution in [0.2, 0.25) is 0 Å². The number of Topliss-reactive ketones (excluding diaryl/α,β-unsaturated/α-hetero) is 2. The molecule has 17 heavy (non-hydrogen) atoms. The second-order valence-electron chi connectivity index (χ2n) is 2.98. The van der Waals surface area contributed by atoms with Gasteiger partial charge in [-0.25, -0.2) is 4.79 Å². The molecule has 0 spiro atoms. The van der Waals surface area contributed by atoms with Crippen LogP contribution in [0.5, 0.6) is 0 Å². The van der Waals surface area contributed by atoms with Crippen molar-refractivity contribution in [3.8, 4) is 0 Å². The molecule has 0 aliphatic heterocycles. The second-order valence-corrected chi connectivity index (χ2v) is 2.98. The van der Waals surface area contributed by atoms with Gasteiger partial charge in [0, 0.05) is 14.2 Å². The summed E-state index contributed by atoms with van der Waals surface area (Å²) in [5.74, 6) is -5.54. The van der Waals surface area contributed by atoms with Gasteiger partial charge in [-0.15, -0.1) is 0 Å². The second kappa shape index (κ2) is 7.91. The predicted octanol–water partition coefficient (Wildman–Crippen LogP) is -4.33. The van der Waals surface area contributed by atoms with Crippen molar-refractivity contribution in [3.05, 3.63) is 0 Å². The molecule has 0 bridgehead atoms. The van der Waals surface area contributed by atoms with Gasteiger partial charge >= 0.3 is 35.5 Å². The van der Waals surface area contributed by atoms with Crippen LogP contribution in [0.1, 0.15) is 6.92 Å². The monoisotopic (exact) mass is 257 g/mol. The predicted molar refractivity (Wildman–Crippen MR) is 50.5 cm³/mol. The summed E-state index contributed by atoms with van der Waals surface area (Å²) >= 11 is 0. The molecule has 0 aromatic rings. The third kappa shape index (κ3) is 4.46. The van der Waals surface area contributed by atoms with Crippen LogP contribution in [-0.4, -0.2) is 55.9 Å².